The summed E-state index contributed by atoms with van der Waals surface area (Å²) in [5, 5.41) is 27.5. The molecule has 0 saturated heterocycles. The molecule has 3 N–H and O–H groups in total. The van der Waals surface area contributed by atoms with Gasteiger partial charge in [0.25, 0.3) is 0 Å². The molecule has 56 valence electrons. The molecule has 0 spiro atoms. The Balaban J connectivity index is 3.88. The minimum Gasteiger partial charge on any atom is -0.329 e. The lowest BCUT2D eigenvalue weighted by Crippen LogP contribution is -2.52. The van der Waals surface area contributed by atoms with Gasteiger partial charge in [0.2, 0.25) is 0 Å². The van der Waals surface area contributed by atoms with E-state index in [4.69, 9.17) is 15.3 Å². The number of hydrazine groups is 1. The van der Waals surface area contributed by atoms with E-state index in [0.29, 0.717) is 0 Å². The zero-order valence-corrected chi connectivity index (χ0v) is 5.74. The highest BCUT2D eigenvalue weighted by molar-refractivity contribution is 4.40. The summed E-state index contributed by atoms with van der Waals surface area (Å²) in [5.74, 6) is 0. The third-order valence-corrected chi connectivity index (χ3v) is 1.03. The van der Waals surface area contributed by atoms with Gasteiger partial charge >= 0.3 is 6.10 Å². The summed E-state index contributed by atoms with van der Waals surface area (Å²) in [6, 6.07) is 0. The number of nitrogens with zero attached hydrogens (tertiary/aromatic N) is 2. The van der Waals surface area contributed by atoms with Crippen LogP contribution in [0.1, 0.15) is 0 Å². The van der Waals surface area contributed by atoms with Crippen molar-refractivity contribution in [2.45, 2.75) is 6.10 Å². The van der Waals surface area contributed by atoms with E-state index < -0.39 is 6.10 Å². The van der Waals surface area contributed by atoms with Crippen LogP contribution in [0.15, 0.2) is 0 Å². The highest BCUT2D eigenvalue weighted by Crippen LogP contribution is 1.99. The number of rotatable bonds is 2. The topological polar surface area (TPSA) is 67.2 Å². The molecule has 0 rings (SSSR count). The Labute approximate surface area is 53.7 Å². The molecule has 0 radical (unpaired) electrons. The number of aliphatic hydroxyl groups is 3. The lowest BCUT2D eigenvalue weighted by atomic mass is 10.8. The first kappa shape index (κ1) is 8.80. The van der Waals surface area contributed by atoms with Crippen LogP contribution >= 0.6 is 0 Å². The van der Waals surface area contributed by atoms with Gasteiger partial charge in [-0.2, -0.15) is 5.01 Å². The second kappa shape index (κ2) is 2.59. The van der Waals surface area contributed by atoms with Gasteiger partial charge in [0.05, 0.1) is 0 Å². The molecular formula is C4H12N2O3. The van der Waals surface area contributed by atoms with Crippen LogP contribution in [0.25, 0.3) is 0 Å². The first-order valence-electron chi connectivity index (χ1n) is 2.44. The van der Waals surface area contributed by atoms with Gasteiger partial charge < -0.3 is 15.3 Å². The Morgan fingerprint density at radius 1 is 1.00 bits per heavy atom. The maximum atomic E-state index is 8.45. The van der Waals surface area contributed by atoms with Crippen LogP contribution in [-0.4, -0.2) is 52.6 Å². The Morgan fingerprint density at radius 2 is 1.33 bits per heavy atom. The third kappa shape index (κ3) is 2.73. The molecule has 0 aromatic carbocycles. The van der Waals surface area contributed by atoms with Crippen molar-refractivity contribution in [3.05, 3.63) is 0 Å². The number of hydrogen-bond acceptors (Lipinski definition) is 5. The van der Waals surface area contributed by atoms with Crippen molar-refractivity contribution < 1.29 is 15.3 Å². The molecule has 0 aliphatic rings. The van der Waals surface area contributed by atoms with Crippen LogP contribution in [0.3, 0.4) is 0 Å². The van der Waals surface area contributed by atoms with Gasteiger partial charge in [0.1, 0.15) is 0 Å². The number of hydrogen-bond donors (Lipinski definition) is 3. The van der Waals surface area contributed by atoms with Gasteiger partial charge in [0, 0.05) is 21.1 Å². The van der Waals surface area contributed by atoms with Crippen LogP contribution in [0.4, 0.5) is 0 Å². The Bertz CT molecular complexity index is 88.3. The van der Waals surface area contributed by atoms with Crippen molar-refractivity contribution in [3.8, 4) is 0 Å². The average Bonchev–Trinajstić information content (AvgIpc) is 1.62. The Kier molecular flexibility index (Phi) is 2.53. The fourth-order valence-electron chi connectivity index (χ4n) is 0.268. The summed E-state index contributed by atoms with van der Waals surface area (Å²) in [6.45, 7) is 0. The van der Waals surface area contributed by atoms with E-state index in [1.165, 1.54) is 12.1 Å². The van der Waals surface area contributed by atoms with Gasteiger partial charge in [-0.3, -0.25) is 0 Å². The SMILES string of the molecule is CN(C)N(C)C(O)(O)O. The highest BCUT2D eigenvalue weighted by atomic mass is 16.7. The van der Waals surface area contributed by atoms with Crippen LogP contribution in [-0.2, 0) is 0 Å². The monoisotopic (exact) mass is 136 g/mol. The zero-order chi connectivity index (χ0) is 7.65. The molecule has 0 aromatic heterocycles. The van der Waals surface area contributed by atoms with Gasteiger partial charge in [-0.1, -0.05) is 0 Å². The van der Waals surface area contributed by atoms with E-state index in [2.05, 4.69) is 0 Å². The quantitative estimate of drug-likeness (QED) is 0.302. The van der Waals surface area contributed by atoms with Crippen LogP contribution in [0.2, 0.25) is 0 Å². The van der Waals surface area contributed by atoms with Crippen LogP contribution in [0, 0.1) is 0 Å². The minimum absolute atomic E-state index is 0.854. The van der Waals surface area contributed by atoms with E-state index in [0.717, 1.165) is 5.01 Å². The van der Waals surface area contributed by atoms with Gasteiger partial charge in [-0.25, -0.2) is 5.01 Å². The molecule has 0 aliphatic heterocycles. The third-order valence-electron chi connectivity index (χ3n) is 1.03. The predicted molar refractivity (Wildman–Crippen MR) is 30.8 cm³/mol. The van der Waals surface area contributed by atoms with Gasteiger partial charge in [-0.05, 0) is 0 Å². The molecule has 5 heteroatoms. The molecule has 0 fully saturated rings. The largest absolute Gasteiger partial charge is 0.358 e. The maximum absolute atomic E-state index is 8.45. The molecule has 0 bridgehead atoms. The second-order valence-corrected chi connectivity index (χ2v) is 1.97. The molecule has 0 aromatic rings. The first-order valence-corrected chi connectivity index (χ1v) is 2.44. The van der Waals surface area contributed by atoms with Crippen molar-refractivity contribution >= 4 is 0 Å². The maximum Gasteiger partial charge on any atom is 0.358 e. The molecular weight excluding hydrogens is 124 g/mol. The molecule has 0 aliphatic carbocycles. The van der Waals surface area contributed by atoms with Crippen LogP contribution in [0.5, 0.6) is 0 Å². The van der Waals surface area contributed by atoms with E-state index in [9.17, 15) is 0 Å². The molecule has 0 unspecified atom stereocenters. The second-order valence-electron chi connectivity index (χ2n) is 1.97. The summed E-state index contributed by atoms with van der Waals surface area (Å²) in [5.41, 5.74) is 0. The lowest BCUT2D eigenvalue weighted by Gasteiger charge is -2.30. The summed E-state index contributed by atoms with van der Waals surface area (Å²) in [4.78, 5) is 0. The summed E-state index contributed by atoms with van der Waals surface area (Å²) in [6.07, 6.45) is -2.76. The van der Waals surface area contributed by atoms with Crippen molar-refractivity contribution in [2.24, 2.45) is 0 Å². The van der Waals surface area contributed by atoms with E-state index in [1.807, 2.05) is 0 Å². The molecule has 0 atom stereocenters. The molecule has 0 amide bonds. The molecule has 5 nitrogen and oxygen atoms in total. The van der Waals surface area contributed by atoms with Crippen molar-refractivity contribution in [1.82, 2.24) is 10.0 Å². The zero-order valence-electron chi connectivity index (χ0n) is 5.74. The molecule has 0 saturated carbocycles. The first-order chi connectivity index (χ1) is 3.85. The summed E-state index contributed by atoms with van der Waals surface area (Å²) in [7, 11) is 4.47. The average molecular weight is 136 g/mol. The van der Waals surface area contributed by atoms with Crippen molar-refractivity contribution in [1.29, 1.82) is 0 Å². The fraction of sp³-hybridized carbons (Fsp3) is 1.00. The van der Waals surface area contributed by atoms with Gasteiger partial charge in [-0.15, -0.1) is 0 Å². The normalized spacial score (nSPS) is 13.3. The predicted octanol–water partition coefficient (Wildman–Crippen LogP) is -2.02. The Hall–Kier alpha value is -0.200. The fourth-order valence-corrected chi connectivity index (χ4v) is 0.268. The molecule has 0 heterocycles. The van der Waals surface area contributed by atoms with Crippen LogP contribution < -0.4 is 0 Å². The van der Waals surface area contributed by atoms with Crippen molar-refractivity contribution in [3.63, 3.8) is 0 Å². The van der Waals surface area contributed by atoms with E-state index >= 15 is 0 Å². The smallest absolute Gasteiger partial charge is 0.329 e. The Morgan fingerprint density at radius 3 is 1.33 bits per heavy atom. The van der Waals surface area contributed by atoms with E-state index in [1.54, 1.807) is 14.1 Å². The molecule has 9 heavy (non-hydrogen) atoms. The minimum atomic E-state index is -2.76. The van der Waals surface area contributed by atoms with E-state index in [-0.39, 0.29) is 0 Å². The summed E-state index contributed by atoms with van der Waals surface area (Å²) >= 11 is 0. The lowest BCUT2D eigenvalue weighted by molar-refractivity contribution is -0.422. The standard InChI is InChI=1S/C4H12N2O3/c1-5(2)6(3)4(7,8)9/h7-9H,1-3H3. The van der Waals surface area contributed by atoms with Gasteiger partial charge in [0.15, 0.2) is 0 Å². The summed E-state index contributed by atoms with van der Waals surface area (Å²) < 4.78 is 0. The van der Waals surface area contributed by atoms with Crippen molar-refractivity contribution in [2.75, 3.05) is 21.1 Å². The highest BCUT2D eigenvalue weighted by Gasteiger charge is 2.26.